The van der Waals surface area contributed by atoms with Gasteiger partial charge in [0.25, 0.3) is 0 Å². The van der Waals surface area contributed by atoms with Crippen LogP contribution in [-0.4, -0.2) is 0 Å². The summed E-state index contributed by atoms with van der Waals surface area (Å²) in [5.41, 5.74) is 4.74. The van der Waals surface area contributed by atoms with Gasteiger partial charge in [-0.15, -0.1) is 11.6 Å². The molecule has 1 heterocycles. The number of furan rings is 1. The molecule has 0 saturated heterocycles. The molecule has 0 aliphatic rings. The molecule has 3 rings (SSSR count). The van der Waals surface area contributed by atoms with Crippen molar-refractivity contribution in [1.82, 2.24) is 0 Å². The van der Waals surface area contributed by atoms with Crippen LogP contribution in [0.25, 0.3) is 0 Å². The van der Waals surface area contributed by atoms with E-state index in [1.165, 1.54) is 11.1 Å². The van der Waals surface area contributed by atoms with E-state index in [-0.39, 0.29) is 5.38 Å². The summed E-state index contributed by atoms with van der Waals surface area (Å²) in [4.78, 5) is 0. The molecule has 1 atom stereocenters. The van der Waals surface area contributed by atoms with Crippen LogP contribution in [0.3, 0.4) is 0 Å². The van der Waals surface area contributed by atoms with Crippen LogP contribution >= 0.6 is 11.6 Å². The van der Waals surface area contributed by atoms with E-state index in [1.54, 1.807) is 6.26 Å². The summed E-state index contributed by atoms with van der Waals surface area (Å²) in [5.74, 6) is 0.878. The zero-order valence-corrected chi connectivity index (χ0v) is 12.7. The summed E-state index contributed by atoms with van der Waals surface area (Å²) in [7, 11) is 0. The number of hydrogen-bond donors (Lipinski definition) is 0. The number of hydrogen-bond acceptors (Lipinski definition) is 1. The Morgan fingerprint density at radius 2 is 1.57 bits per heavy atom. The van der Waals surface area contributed by atoms with Crippen molar-refractivity contribution in [1.29, 1.82) is 0 Å². The Balaban J connectivity index is 1.77. The van der Waals surface area contributed by atoms with Gasteiger partial charge >= 0.3 is 0 Å². The van der Waals surface area contributed by atoms with Crippen LogP contribution < -0.4 is 0 Å². The molecule has 0 spiro atoms. The summed E-state index contributed by atoms with van der Waals surface area (Å²) >= 11 is 6.53. The topological polar surface area (TPSA) is 13.1 Å². The maximum Gasteiger partial charge on any atom is 0.105 e. The summed E-state index contributed by atoms with van der Waals surface area (Å²) in [5, 5.41) is -0.158. The summed E-state index contributed by atoms with van der Waals surface area (Å²) in [6.07, 6.45) is 2.63. The van der Waals surface area contributed by atoms with Crippen LogP contribution in [0.4, 0.5) is 0 Å². The molecule has 0 radical (unpaired) electrons. The lowest BCUT2D eigenvalue weighted by molar-refractivity contribution is 0.530. The predicted molar refractivity (Wildman–Crippen MR) is 86.8 cm³/mol. The van der Waals surface area contributed by atoms with E-state index in [9.17, 15) is 0 Å². The summed E-state index contributed by atoms with van der Waals surface area (Å²) in [6.45, 7) is 1.94. The van der Waals surface area contributed by atoms with Gasteiger partial charge in [-0.05, 0) is 36.1 Å². The lowest BCUT2D eigenvalue weighted by atomic mass is 10.0. The van der Waals surface area contributed by atoms with E-state index in [2.05, 4.69) is 48.5 Å². The standard InChI is InChI=1S/C19H17ClO/c1-14-18(11-12-21-14)19(20)17-9-7-16(8-10-17)13-15-5-3-2-4-6-15/h2-12,19H,13H2,1H3. The molecule has 0 saturated carbocycles. The molecule has 1 nitrogen and oxygen atoms in total. The van der Waals surface area contributed by atoms with Gasteiger partial charge in [0, 0.05) is 5.56 Å². The van der Waals surface area contributed by atoms with Gasteiger partial charge in [-0.2, -0.15) is 0 Å². The number of halogens is 1. The quantitative estimate of drug-likeness (QED) is 0.579. The minimum Gasteiger partial charge on any atom is -0.469 e. The van der Waals surface area contributed by atoms with Gasteiger partial charge in [0.05, 0.1) is 11.6 Å². The van der Waals surface area contributed by atoms with Crippen LogP contribution in [0.15, 0.2) is 71.3 Å². The predicted octanol–water partition coefficient (Wildman–Crippen LogP) is 5.51. The highest BCUT2D eigenvalue weighted by molar-refractivity contribution is 6.22. The van der Waals surface area contributed by atoms with E-state index in [0.29, 0.717) is 0 Å². The molecule has 21 heavy (non-hydrogen) atoms. The van der Waals surface area contributed by atoms with Gasteiger partial charge in [-0.1, -0.05) is 54.6 Å². The van der Waals surface area contributed by atoms with Crippen molar-refractivity contribution in [2.45, 2.75) is 18.7 Å². The highest BCUT2D eigenvalue weighted by Gasteiger charge is 2.14. The van der Waals surface area contributed by atoms with Crippen molar-refractivity contribution >= 4 is 11.6 Å². The Morgan fingerprint density at radius 3 is 2.19 bits per heavy atom. The maximum absolute atomic E-state index is 6.53. The molecule has 106 valence electrons. The molecule has 2 heteroatoms. The fourth-order valence-electron chi connectivity index (χ4n) is 2.47. The Bertz CT molecular complexity index is 698. The molecule has 0 fully saturated rings. The Morgan fingerprint density at radius 1 is 0.905 bits per heavy atom. The minimum atomic E-state index is -0.158. The highest BCUT2D eigenvalue weighted by Crippen LogP contribution is 2.31. The SMILES string of the molecule is Cc1occc1C(Cl)c1ccc(Cc2ccccc2)cc1. The monoisotopic (exact) mass is 296 g/mol. The molecule has 3 aromatic rings. The van der Waals surface area contributed by atoms with Crippen molar-refractivity contribution in [3.05, 3.63) is 94.9 Å². The summed E-state index contributed by atoms with van der Waals surface area (Å²) in [6, 6.07) is 20.9. The first kappa shape index (κ1) is 14.0. The average Bonchev–Trinajstić information content (AvgIpc) is 2.94. The van der Waals surface area contributed by atoms with Gasteiger partial charge in [0.15, 0.2) is 0 Å². The molecule has 0 aliphatic carbocycles. The molecule has 2 aromatic carbocycles. The molecule has 0 amide bonds. The van der Waals surface area contributed by atoms with E-state index < -0.39 is 0 Å². The third-order valence-corrected chi connectivity index (χ3v) is 4.18. The van der Waals surface area contributed by atoms with E-state index in [0.717, 1.165) is 23.3 Å². The van der Waals surface area contributed by atoms with Gasteiger partial charge in [0.2, 0.25) is 0 Å². The lowest BCUT2D eigenvalue weighted by Crippen LogP contribution is -1.94. The van der Waals surface area contributed by atoms with E-state index in [4.69, 9.17) is 16.0 Å². The first-order valence-electron chi connectivity index (χ1n) is 7.05. The highest BCUT2D eigenvalue weighted by atomic mass is 35.5. The van der Waals surface area contributed by atoms with Crippen LogP contribution in [0.1, 0.15) is 33.4 Å². The molecular formula is C19H17ClO. The van der Waals surface area contributed by atoms with Gasteiger partial charge in [-0.25, -0.2) is 0 Å². The molecule has 1 aromatic heterocycles. The van der Waals surface area contributed by atoms with Crippen molar-refractivity contribution in [2.75, 3.05) is 0 Å². The molecular weight excluding hydrogens is 280 g/mol. The third kappa shape index (κ3) is 3.20. The Hall–Kier alpha value is -1.99. The molecule has 0 N–H and O–H groups in total. The number of rotatable bonds is 4. The second kappa shape index (κ2) is 6.19. The van der Waals surface area contributed by atoms with Crippen LogP contribution in [0.5, 0.6) is 0 Å². The first-order valence-corrected chi connectivity index (χ1v) is 7.48. The summed E-state index contributed by atoms with van der Waals surface area (Å²) < 4.78 is 5.33. The fourth-order valence-corrected chi connectivity index (χ4v) is 2.85. The van der Waals surface area contributed by atoms with Gasteiger partial charge in [-0.3, -0.25) is 0 Å². The van der Waals surface area contributed by atoms with Crippen molar-refractivity contribution in [2.24, 2.45) is 0 Å². The lowest BCUT2D eigenvalue weighted by Gasteiger charge is -2.10. The fraction of sp³-hybridized carbons (Fsp3) is 0.158. The van der Waals surface area contributed by atoms with Crippen molar-refractivity contribution < 1.29 is 4.42 Å². The van der Waals surface area contributed by atoms with Gasteiger partial charge < -0.3 is 4.42 Å². The van der Waals surface area contributed by atoms with E-state index in [1.807, 2.05) is 19.1 Å². The zero-order valence-electron chi connectivity index (χ0n) is 11.9. The van der Waals surface area contributed by atoms with E-state index >= 15 is 0 Å². The van der Waals surface area contributed by atoms with Crippen LogP contribution in [-0.2, 0) is 6.42 Å². The van der Waals surface area contributed by atoms with Crippen molar-refractivity contribution in [3.8, 4) is 0 Å². The normalized spacial score (nSPS) is 12.3. The number of alkyl halides is 1. The van der Waals surface area contributed by atoms with Gasteiger partial charge in [0.1, 0.15) is 5.76 Å². The first-order chi connectivity index (χ1) is 10.2. The second-order valence-electron chi connectivity index (χ2n) is 5.20. The maximum atomic E-state index is 6.53. The second-order valence-corrected chi connectivity index (χ2v) is 5.64. The minimum absolute atomic E-state index is 0.158. The largest absolute Gasteiger partial charge is 0.469 e. The molecule has 0 bridgehead atoms. The zero-order chi connectivity index (χ0) is 14.7. The Labute approximate surface area is 130 Å². The third-order valence-electron chi connectivity index (χ3n) is 3.70. The smallest absolute Gasteiger partial charge is 0.105 e. The average molecular weight is 297 g/mol. The van der Waals surface area contributed by atoms with Crippen LogP contribution in [0, 0.1) is 6.92 Å². The number of aryl methyl sites for hydroxylation is 1. The number of benzene rings is 2. The molecule has 0 aliphatic heterocycles. The molecule has 1 unspecified atom stereocenters. The van der Waals surface area contributed by atoms with Crippen LogP contribution in [0.2, 0.25) is 0 Å². The van der Waals surface area contributed by atoms with Crippen molar-refractivity contribution in [3.63, 3.8) is 0 Å². The Kier molecular flexibility index (Phi) is 4.12.